The highest BCUT2D eigenvalue weighted by Gasteiger charge is 2.23. The van der Waals surface area contributed by atoms with Crippen LogP contribution in [0.4, 0.5) is 0 Å². The average Bonchev–Trinajstić information content (AvgIpc) is 2.54. The van der Waals surface area contributed by atoms with Gasteiger partial charge in [0.15, 0.2) is 5.96 Å². The molecule has 2 N–H and O–H groups in total. The molecule has 2 atom stereocenters. The predicted molar refractivity (Wildman–Crippen MR) is 108 cm³/mol. The molecule has 2 unspecified atom stereocenters. The van der Waals surface area contributed by atoms with Crippen molar-refractivity contribution in [2.45, 2.75) is 52.3 Å². The van der Waals surface area contributed by atoms with Crippen LogP contribution in [0.25, 0.3) is 0 Å². The maximum absolute atomic E-state index is 12.2. The third-order valence-corrected chi connectivity index (χ3v) is 6.27. The molecule has 0 aromatic rings. The second kappa shape index (κ2) is 11.1. The molecule has 0 radical (unpaired) electrons. The zero-order valence-corrected chi connectivity index (χ0v) is 17.7. The monoisotopic (exact) mass is 374 g/mol. The second-order valence-electron chi connectivity index (χ2n) is 7.77. The lowest BCUT2D eigenvalue weighted by Crippen LogP contribution is -2.48. The summed E-state index contributed by atoms with van der Waals surface area (Å²) in [5.74, 6) is 1.98. The first-order valence-electron chi connectivity index (χ1n) is 9.48. The molecule has 0 bridgehead atoms. The van der Waals surface area contributed by atoms with E-state index < -0.39 is 10.8 Å². The Hall–Kier alpha value is -0.660. The molecule has 0 aromatic carbocycles. The minimum Gasteiger partial charge on any atom is -0.379 e. The molecule has 0 saturated carbocycles. The molecule has 1 aliphatic heterocycles. The summed E-state index contributed by atoms with van der Waals surface area (Å²) in [6, 6.07) is 0.420. The zero-order chi connectivity index (χ0) is 18.9. The van der Waals surface area contributed by atoms with Crippen LogP contribution in [-0.4, -0.2) is 77.5 Å². The second-order valence-corrected chi connectivity index (χ2v) is 10.1. The predicted octanol–water partition coefficient (Wildman–Crippen LogP) is 1.45. The molecule has 25 heavy (non-hydrogen) atoms. The number of nitrogens with zero attached hydrogens (tertiary/aromatic N) is 2. The fraction of sp³-hybridized carbons (Fsp3) is 0.944. The normalized spacial score (nSPS) is 19.7. The third-order valence-electron chi connectivity index (χ3n) is 4.33. The van der Waals surface area contributed by atoms with Gasteiger partial charge in [0, 0.05) is 53.5 Å². The molecule has 0 spiro atoms. The molecule has 7 heteroatoms. The van der Waals surface area contributed by atoms with E-state index in [1.165, 1.54) is 0 Å². The molecule has 1 aliphatic rings. The van der Waals surface area contributed by atoms with Crippen LogP contribution >= 0.6 is 0 Å². The van der Waals surface area contributed by atoms with E-state index in [-0.39, 0.29) is 4.75 Å². The van der Waals surface area contributed by atoms with Crippen LogP contribution in [0.1, 0.15) is 41.5 Å². The van der Waals surface area contributed by atoms with Crippen LogP contribution in [-0.2, 0) is 15.5 Å². The highest BCUT2D eigenvalue weighted by Crippen LogP contribution is 2.13. The van der Waals surface area contributed by atoms with Crippen LogP contribution in [0.3, 0.4) is 0 Å². The summed E-state index contributed by atoms with van der Waals surface area (Å²) in [7, 11) is -0.849. The number of hydrogen-bond acceptors (Lipinski definition) is 4. The Bertz CT molecular complexity index is 429. The van der Waals surface area contributed by atoms with E-state index >= 15 is 0 Å². The fourth-order valence-corrected chi connectivity index (χ4v) is 3.65. The zero-order valence-electron chi connectivity index (χ0n) is 16.9. The lowest BCUT2D eigenvalue weighted by atomic mass is 10.0. The van der Waals surface area contributed by atoms with Gasteiger partial charge >= 0.3 is 0 Å². The van der Waals surface area contributed by atoms with Crippen molar-refractivity contribution in [1.29, 1.82) is 0 Å². The summed E-state index contributed by atoms with van der Waals surface area (Å²) in [6.07, 6.45) is 0. The summed E-state index contributed by atoms with van der Waals surface area (Å²) in [4.78, 5) is 7.26. The number of aliphatic imine (C=N–C) groups is 1. The van der Waals surface area contributed by atoms with E-state index in [9.17, 15) is 4.21 Å². The molecule has 0 amide bonds. The summed E-state index contributed by atoms with van der Waals surface area (Å²) < 4.78 is 17.5. The minimum absolute atomic E-state index is 0.170. The van der Waals surface area contributed by atoms with Crippen LogP contribution in [0, 0.1) is 5.92 Å². The Morgan fingerprint density at radius 1 is 1.24 bits per heavy atom. The molecule has 6 nitrogen and oxygen atoms in total. The highest BCUT2D eigenvalue weighted by atomic mass is 32.2. The quantitative estimate of drug-likeness (QED) is 0.497. The van der Waals surface area contributed by atoms with E-state index in [4.69, 9.17) is 9.73 Å². The smallest absolute Gasteiger partial charge is 0.191 e. The number of guanidine groups is 1. The Morgan fingerprint density at radius 2 is 1.88 bits per heavy atom. The SMILES string of the molecule is CCNC(=NCC(C(C)C)N1CCOCC1)NCCS(=O)C(C)(C)C. The van der Waals surface area contributed by atoms with Gasteiger partial charge in [-0.3, -0.25) is 14.1 Å². The van der Waals surface area contributed by atoms with Gasteiger partial charge < -0.3 is 15.4 Å². The van der Waals surface area contributed by atoms with E-state index in [0.717, 1.165) is 45.4 Å². The van der Waals surface area contributed by atoms with Crippen molar-refractivity contribution in [2.75, 3.05) is 51.7 Å². The number of nitrogens with one attached hydrogen (secondary N) is 2. The van der Waals surface area contributed by atoms with E-state index in [2.05, 4.69) is 36.3 Å². The van der Waals surface area contributed by atoms with Crippen LogP contribution in [0.2, 0.25) is 0 Å². The summed E-state index contributed by atoms with van der Waals surface area (Å²) >= 11 is 0. The van der Waals surface area contributed by atoms with Gasteiger partial charge in [0.05, 0.1) is 19.8 Å². The van der Waals surface area contributed by atoms with Crippen LogP contribution < -0.4 is 10.6 Å². The summed E-state index contributed by atoms with van der Waals surface area (Å²) in [5, 5.41) is 6.61. The molecule has 1 rings (SSSR count). The Morgan fingerprint density at radius 3 is 2.40 bits per heavy atom. The van der Waals surface area contributed by atoms with Gasteiger partial charge in [0.1, 0.15) is 0 Å². The highest BCUT2D eigenvalue weighted by molar-refractivity contribution is 7.86. The topological polar surface area (TPSA) is 66.0 Å². The summed E-state index contributed by atoms with van der Waals surface area (Å²) in [5.41, 5.74) is 0. The van der Waals surface area contributed by atoms with E-state index in [1.807, 2.05) is 20.8 Å². The Kier molecular flexibility index (Phi) is 9.97. The minimum atomic E-state index is -0.849. The summed E-state index contributed by atoms with van der Waals surface area (Å²) in [6.45, 7) is 18.4. The van der Waals surface area contributed by atoms with Crippen molar-refractivity contribution < 1.29 is 8.95 Å². The van der Waals surface area contributed by atoms with Gasteiger partial charge in [0.25, 0.3) is 0 Å². The van der Waals surface area contributed by atoms with Crippen LogP contribution in [0.15, 0.2) is 4.99 Å². The first kappa shape index (κ1) is 22.4. The van der Waals surface area contributed by atoms with Gasteiger partial charge in [-0.2, -0.15) is 0 Å². The Labute approximate surface area is 156 Å². The maximum atomic E-state index is 12.2. The van der Waals surface area contributed by atoms with Crippen molar-refractivity contribution in [3.8, 4) is 0 Å². The first-order valence-corrected chi connectivity index (χ1v) is 10.8. The lowest BCUT2D eigenvalue weighted by Gasteiger charge is -2.36. The molecule has 1 heterocycles. The number of hydrogen-bond donors (Lipinski definition) is 2. The Balaban J connectivity index is 2.58. The maximum Gasteiger partial charge on any atom is 0.191 e. The van der Waals surface area contributed by atoms with Crippen molar-refractivity contribution in [1.82, 2.24) is 15.5 Å². The van der Waals surface area contributed by atoms with Crippen molar-refractivity contribution in [3.63, 3.8) is 0 Å². The van der Waals surface area contributed by atoms with Gasteiger partial charge in [-0.05, 0) is 33.6 Å². The number of rotatable bonds is 8. The van der Waals surface area contributed by atoms with Gasteiger partial charge in [-0.25, -0.2) is 0 Å². The van der Waals surface area contributed by atoms with Crippen LogP contribution in [0.5, 0.6) is 0 Å². The van der Waals surface area contributed by atoms with E-state index in [1.54, 1.807) is 0 Å². The molecule has 1 fully saturated rings. The molecule has 148 valence electrons. The molecular weight excluding hydrogens is 336 g/mol. The molecule has 0 aromatic heterocycles. The number of ether oxygens (including phenoxy) is 1. The van der Waals surface area contributed by atoms with Gasteiger partial charge in [0.2, 0.25) is 0 Å². The number of morpholine rings is 1. The lowest BCUT2D eigenvalue weighted by molar-refractivity contribution is 0.00867. The van der Waals surface area contributed by atoms with Gasteiger partial charge in [-0.15, -0.1) is 0 Å². The third kappa shape index (κ3) is 8.51. The molecule has 0 aliphatic carbocycles. The molecule has 1 saturated heterocycles. The fourth-order valence-electron chi connectivity index (χ4n) is 2.75. The van der Waals surface area contributed by atoms with E-state index in [0.29, 0.717) is 24.3 Å². The largest absolute Gasteiger partial charge is 0.379 e. The van der Waals surface area contributed by atoms with Crippen molar-refractivity contribution >= 4 is 16.8 Å². The first-order chi connectivity index (χ1) is 11.8. The van der Waals surface area contributed by atoms with Gasteiger partial charge in [-0.1, -0.05) is 13.8 Å². The van der Waals surface area contributed by atoms with Crippen molar-refractivity contribution in [2.24, 2.45) is 10.9 Å². The van der Waals surface area contributed by atoms with Crippen molar-refractivity contribution in [3.05, 3.63) is 0 Å². The molecular formula is C18H38N4O2S. The standard InChI is InChI=1S/C18H38N4O2S/c1-7-19-17(20-8-13-25(23)18(4,5)6)21-14-16(15(2)3)22-9-11-24-12-10-22/h15-16H,7-14H2,1-6H3,(H2,19,20,21). The average molecular weight is 375 g/mol.